The summed E-state index contributed by atoms with van der Waals surface area (Å²) >= 11 is 6.26. The van der Waals surface area contributed by atoms with Gasteiger partial charge in [-0.15, -0.1) is 0 Å². The summed E-state index contributed by atoms with van der Waals surface area (Å²) in [5.41, 5.74) is 6.94. The fourth-order valence-electron chi connectivity index (χ4n) is 2.04. The molecule has 0 saturated heterocycles. The van der Waals surface area contributed by atoms with Crippen LogP contribution >= 0.6 is 11.6 Å². The van der Waals surface area contributed by atoms with Gasteiger partial charge in [-0.05, 0) is 49.6 Å². The fraction of sp³-hybridized carbons (Fsp3) is 0.267. The number of hydrogen-bond acceptors (Lipinski definition) is 3. The zero-order valence-corrected chi connectivity index (χ0v) is 11.9. The molecule has 0 spiro atoms. The average Bonchev–Trinajstić information content (AvgIpc) is 2.38. The van der Waals surface area contributed by atoms with Crippen molar-refractivity contribution in [2.75, 3.05) is 0 Å². The maximum atomic E-state index is 6.26. The monoisotopic (exact) mass is 275 g/mol. The third-order valence-electron chi connectivity index (χ3n) is 3.10. The molecular formula is C15H18ClN3. The van der Waals surface area contributed by atoms with Crippen LogP contribution in [0.1, 0.15) is 28.6 Å². The number of hydrazine groups is 1. The lowest BCUT2D eigenvalue weighted by Gasteiger charge is -2.17. The van der Waals surface area contributed by atoms with Crippen LogP contribution in [-0.2, 0) is 6.42 Å². The maximum absolute atomic E-state index is 6.26. The van der Waals surface area contributed by atoms with E-state index >= 15 is 0 Å². The Kier molecular flexibility index (Phi) is 4.53. The normalized spacial score (nSPS) is 12.4. The van der Waals surface area contributed by atoms with Gasteiger partial charge in [0.25, 0.3) is 0 Å². The highest BCUT2D eigenvalue weighted by atomic mass is 35.5. The molecular weight excluding hydrogens is 258 g/mol. The Labute approximate surface area is 118 Å². The first-order chi connectivity index (χ1) is 9.10. The number of nitrogens with two attached hydrogens (primary N) is 1. The Morgan fingerprint density at radius 3 is 2.68 bits per heavy atom. The standard InChI is InChI=1S/C15H18ClN3/c1-10-6-7-12(13(16)8-10)9-15(19-17)14-5-3-4-11(2)18-14/h3-8,15,19H,9,17H2,1-2H3. The zero-order chi connectivity index (χ0) is 13.8. The van der Waals surface area contributed by atoms with Crippen molar-refractivity contribution < 1.29 is 0 Å². The third kappa shape index (κ3) is 3.53. The molecule has 0 aliphatic carbocycles. The van der Waals surface area contributed by atoms with Crippen LogP contribution in [0, 0.1) is 13.8 Å². The number of aryl methyl sites for hydroxylation is 2. The van der Waals surface area contributed by atoms with Gasteiger partial charge in [-0.2, -0.15) is 0 Å². The second kappa shape index (κ2) is 6.15. The molecule has 4 heteroatoms. The number of rotatable bonds is 4. The number of benzene rings is 1. The van der Waals surface area contributed by atoms with E-state index in [0.717, 1.165) is 27.5 Å². The van der Waals surface area contributed by atoms with Gasteiger partial charge in [-0.25, -0.2) is 0 Å². The molecule has 0 amide bonds. The number of pyridine rings is 1. The predicted octanol–water partition coefficient (Wildman–Crippen LogP) is 3.10. The van der Waals surface area contributed by atoms with E-state index in [9.17, 15) is 0 Å². The van der Waals surface area contributed by atoms with Crippen molar-refractivity contribution in [1.82, 2.24) is 10.4 Å². The van der Waals surface area contributed by atoms with Crippen LogP contribution < -0.4 is 11.3 Å². The first-order valence-corrected chi connectivity index (χ1v) is 6.62. The molecule has 0 aliphatic heterocycles. The zero-order valence-electron chi connectivity index (χ0n) is 11.2. The Hall–Kier alpha value is -1.42. The average molecular weight is 276 g/mol. The fourth-order valence-corrected chi connectivity index (χ4v) is 2.36. The minimum absolute atomic E-state index is 0.0416. The number of hydrogen-bond donors (Lipinski definition) is 2. The van der Waals surface area contributed by atoms with Gasteiger partial charge in [0.15, 0.2) is 0 Å². The number of nitrogens with one attached hydrogen (secondary N) is 1. The minimum Gasteiger partial charge on any atom is -0.271 e. The molecule has 1 aromatic carbocycles. The molecule has 0 aliphatic rings. The summed E-state index contributed by atoms with van der Waals surface area (Å²) in [6, 6.07) is 11.9. The molecule has 0 radical (unpaired) electrons. The first-order valence-electron chi connectivity index (χ1n) is 6.25. The molecule has 0 fully saturated rings. The number of halogens is 1. The largest absolute Gasteiger partial charge is 0.271 e. The van der Waals surface area contributed by atoms with E-state index in [0.29, 0.717) is 6.42 Å². The number of nitrogens with zero attached hydrogens (tertiary/aromatic N) is 1. The highest BCUT2D eigenvalue weighted by molar-refractivity contribution is 6.31. The Morgan fingerprint density at radius 1 is 1.26 bits per heavy atom. The van der Waals surface area contributed by atoms with Crippen molar-refractivity contribution in [3.8, 4) is 0 Å². The van der Waals surface area contributed by atoms with E-state index < -0.39 is 0 Å². The van der Waals surface area contributed by atoms with Crippen LogP contribution in [0.15, 0.2) is 36.4 Å². The lowest BCUT2D eigenvalue weighted by molar-refractivity contribution is 0.537. The molecule has 1 aromatic heterocycles. The van der Waals surface area contributed by atoms with Gasteiger partial charge in [0.05, 0.1) is 11.7 Å². The molecule has 3 N–H and O–H groups in total. The van der Waals surface area contributed by atoms with Crippen molar-refractivity contribution in [3.63, 3.8) is 0 Å². The topological polar surface area (TPSA) is 50.9 Å². The van der Waals surface area contributed by atoms with Gasteiger partial charge in [0.2, 0.25) is 0 Å². The molecule has 1 unspecified atom stereocenters. The lowest BCUT2D eigenvalue weighted by Crippen LogP contribution is -2.30. The van der Waals surface area contributed by atoms with E-state index in [1.807, 2.05) is 44.2 Å². The summed E-state index contributed by atoms with van der Waals surface area (Å²) in [4.78, 5) is 4.50. The second-order valence-corrected chi connectivity index (χ2v) is 5.13. The highest BCUT2D eigenvalue weighted by Crippen LogP contribution is 2.23. The molecule has 19 heavy (non-hydrogen) atoms. The van der Waals surface area contributed by atoms with E-state index in [2.05, 4.69) is 16.5 Å². The van der Waals surface area contributed by atoms with E-state index in [4.69, 9.17) is 17.4 Å². The van der Waals surface area contributed by atoms with Crippen LogP contribution in [0.2, 0.25) is 5.02 Å². The van der Waals surface area contributed by atoms with Crippen LogP contribution in [-0.4, -0.2) is 4.98 Å². The summed E-state index contributed by atoms with van der Waals surface area (Å²) in [6.45, 7) is 3.99. The molecule has 0 saturated carbocycles. The van der Waals surface area contributed by atoms with Crippen molar-refractivity contribution in [2.24, 2.45) is 5.84 Å². The molecule has 2 aromatic rings. The van der Waals surface area contributed by atoms with Crippen LogP contribution in [0.5, 0.6) is 0 Å². The third-order valence-corrected chi connectivity index (χ3v) is 3.45. The Bertz CT molecular complexity index is 569. The quantitative estimate of drug-likeness (QED) is 0.666. The lowest BCUT2D eigenvalue weighted by atomic mass is 10.0. The van der Waals surface area contributed by atoms with Crippen molar-refractivity contribution in [3.05, 3.63) is 63.9 Å². The van der Waals surface area contributed by atoms with Gasteiger partial charge in [-0.1, -0.05) is 29.8 Å². The molecule has 100 valence electrons. The predicted molar refractivity (Wildman–Crippen MR) is 78.9 cm³/mol. The molecule has 0 bridgehead atoms. The van der Waals surface area contributed by atoms with Crippen LogP contribution in [0.4, 0.5) is 0 Å². The summed E-state index contributed by atoms with van der Waals surface area (Å²) in [7, 11) is 0. The second-order valence-electron chi connectivity index (χ2n) is 4.72. The minimum atomic E-state index is -0.0416. The van der Waals surface area contributed by atoms with Gasteiger partial charge >= 0.3 is 0 Å². The molecule has 1 atom stereocenters. The molecule has 2 rings (SSSR count). The van der Waals surface area contributed by atoms with E-state index in [1.54, 1.807) is 0 Å². The van der Waals surface area contributed by atoms with Gasteiger partial charge in [0.1, 0.15) is 0 Å². The van der Waals surface area contributed by atoms with Crippen LogP contribution in [0.3, 0.4) is 0 Å². The summed E-state index contributed by atoms with van der Waals surface area (Å²) < 4.78 is 0. The van der Waals surface area contributed by atoms with Gasteiger partial charge in [0, 0.05) is 10.7 Å². The Balaban J connectivity index is 2.24. The van der Waals surface area contributed by atoms with E-state index in [-0.39, 0.29) is 6.04 Å². The van der Waals surface area contributed by atoms with Crippen molar-refractivity contribution in [1.29, 1.82) is 0 Å². The maximum Gasteiger partial charge on any atom is 0.0673 e. The molecule has 1 heterocycles. The van der Waals surface area contributed by atoms with Crippen molar-refractivity contribution in [2.45, 2.75) is 26.3 Å². The summed E-state index contributed by atoms with van der Waals surface area (Å²) in [5.74, 6) is 5.65. The van der Waals surface area contributed by atoms with Crippen LogP contribution in [0.25, 0.3) is 0 Å². The SMILES string of the molecule is Cc1ccc(CC(NN)c2cccc(C)n2)c(Cl)c1. The summed E-state index contributed by atoms with van der Waals surface area (Å²) in [5, 5.41) is 0.771. The first kappa shape index (κ1) is 14.0. The van der Waals surface area contributed by atoms with Gasteiger partial charge in [-0.3, -0.25) is 16.3 Å². The van der Waals surface area contributed by atoms with E-state index in [1.165, 1.54) is 0 Å². The number of aromatic nitrogens is 1. The Morgan fingerprint density at radius 2 is 2.05 bits per heavy atom. The van der Waals surface area contributed by atoms with Gasteiger partial charge < -0.3 is 0 Å². The molecule has 3 nitrogen and oxygen atoms in total. The smallest absolute Gasteiger partial charge is 0.0673 e. The van der Waals surface area contributed by atoms with Crippen molar-refractivity contribution >= 4 is 11.6 Å². The summed E-state index contributed by atoms with van der Waals surface area (Å²) in [6.07, 6.45) is 0.714. The highest BCUT2D eigenvalue weighted by Gasteiger charge is 2.14.